The Hall–Kier alpha value is -3.24. The summed E-state index contributed by atoms with van der Waals surface area (Å²) in [7, 11) is -2.74. The predicted molar refractivity (Wildman–Crippen MR) is 101 cm³/mol. The lowest BCUT2D eigenvalue weighted by Gasteiger charge is -2.37. The van der Waals surface area contributed by atoms with Gasteiger partial charge in [0.25, 0.3) is 5.91 Å². The molecule has 160 valence electrons. The SMILES string of the molecule is [2H]C([2H])([2H])Oc1cnc(C(=O)Nc2ccc(F)c([C@]3(CF)CC[C@](F)(CF)C(N)=N3)c2)cn1. The van der Waals surface area contributed by atoms with Crippen LogP contribution >= 0.6 is 0 Å². The highest BCUT2D eigenvalue weighted by atomic mass is 19.2. The van der Waals surface area contributed by atoms with Crippen molar-refractivity contribution >= 4 is 17.4 Å². The van der Waals surface area contributed by atoms with Gasteiger partial charge in [-0.05, 0) is 31.0 Å². The van der Waals surface area contributed by atoms with Crippen molar-refractivity contribution in [3.63, 3.8) is 0 Å². The number of carbonyl (C=O) groups excluding carboxylic acids is 1. The summed E-state index contributed by atoms with van der Waals surface area (Å²) >= 11 is 0. The minimum absolute atomic E-state index is 0.0326. The van der Waals surface area contributed by atoms with Gasteiger partial charge in [-0.3, -0.25) is 9.79 Å². The number of hydrogen-bond acceptors (Lipinski definition) is 6. The summed E-state index contributed by atoms with van der Waals surface area (Å²) in [4.78, 5) is 23.6. The molecule has 1 aliphatic rings. The van der Waals surface area contributed by atoms with Gasteiger partial charge in [0.05, 0.1) is 23.5 Å². The molecule has 0 bridgehead atoms. The lowest BCUT2D eigenvalue weighted by molar-refractivity contribution is 0.102. The van der Waals surface area contributed by atoms with Crippen LogP contribution in [0, 0.1) is 5.82 Å². The number of rotatable bonds is 6. The van der Waals surface area contributed by atoms with Crippen molar-refractivity contribution in [2.24, 2.45) is 10.7 Å². The minimum atomic E-state index is -2.74. The molecule has 3 N–H and O–H groups in total. The molecular formula is C19H19F4N5O2. The zero-order valence-electron chi connectivity index (χ0n) is 18.5. The number of alkyl halides is 3. The van der Waals surface area contributed by atoms with Gasteiger partial charge in [0.1, 0.15) is 36.2 Å². The molecule has 0 spiro atoms. The van der Waals surface area contributed by atoms with E-state index in [1.807, 2.05) is 0 Å². The second-order valence-corrected chi connectivity index (χ2v) is 6.75. The van der Waals surface area contributed by atoms with Gasteiger partial charge in [-0.25, -0.2) is 27.5 Å². The molecule has 1 aliphatic heterocycles. The number of aromatic nitrogens is 2. The highest BCUT2D eigenvalue weighted by Crippen LogP contribution is 2.41. The van der Waals surface area contributed by atoms with Crippen LogP contribution in [0.3, 0.4) is 0 Å². The molecule has 11 heteroatoms. The molecular weight excluding hydrogens is 406 g/mol. The first-order chi connectivity index (χ1) is 15.4. The van der Waals surface area contributed by atoms with Crippen LogP contribution in [0.25, 0.3) is 0 Å². The fraction of sp³-hybridized carbons (Fsp3) is 0.368. The number of aliphatic imine (C=N–C) groups is 1. The van der Waals surface area contributed by atoms with E-state index in [1.54, 1.807) is 0 Å². The number of nitrogens with two attached hydrogens (primary N) is 1. The second kappa shape index (κ2) is 8.25. The highest BCUT2D eigenvalue weighted by Gasteiger charge is 2.47. The van der Waals surface area contributed by atoms with E-state index in [2.05, 4.69) is 25.0 Å². The van der Waals surface area contributed by atoms with E-state index in [9.17, 15) is 22.4 Å². The third kappa shape index (κ3) is 3.91. The third-order valence-corrected chi connectivity index (χ3v) is 4.85. The van der Waals surface area contributed by atoms with Crippen molar-refractivity contribution in [3.05, 3.63) is 47.7 Å². The first-order valence-corrected chi connectivity index (χ1v) is 8.70. The minimum Gasteiger partial charge on any atom is -0.480 e. The highest BCUT2D eigenvalue weighted by molar-refractivity contribution is 6.02. The van der Waals surface area contributed by atoms with E-state index >= 15 is 0 Å². The van der Waals surface area contributed by atoms with E-state index in [0.717, 1.165) is 24.5 Å². The van der Waals surface area contributed by atoms with Crippen molar-refractivity contribution in [2.75, 3.05) is 25.7 Å². The lowest BCUT2D eigenvalue weighted by Crippen LogP contribution is -2.49. The average molecular weight is 428 g/mol. The van der Waals surface area contributed by atoms with Gasteiger partial charge in [-0.2, -0.15) is 0 Å². The summed E-state index contributed by atoms with van der Waals surface area (Å²) in [5.41, 5.74) is 0.617. The molecule has 2 atom stereocenters. The summed E-state index contributed by atoms with van der Waals surface area (Å²) in [6.45, 7) is -2.68. The normalized spacial score (nSPS) is 25.5. The number of ether oxygens (including phenoxy) is 1. The summed E-state index contributed by atoms with van der Waals surface area (Å²) < 4.78 is 81.6. The third-order valence-electron chi connectivity index (χ3n) is 4.85. The number of hydrogen-bond donors (Lipinski definition) is 2. The molecule has 30 heavy (non-hydrogen) atoms. The van der Waals surface area contributed by atoms with Crippen LogP contribution in [0.2, 0.25) is 0 Å². The van der Waals surface area contributed by atoms with Crippen molar-refractivity contribution in [2.45, 2.75) is 24.0 Å². The molecule has 0 saturated heterocycles. The number of amides is 1. The molecule has 0 radical (unpaired) electrons. The fourth-order valence-electron chi connectivity index (χ4n) is 3.06. The van der Waals surface area contributed by atoms with E-state index in [0.29, 0.717) is 0 Å². The predicted octanol–water partition coefficient (Wildman–Crippen LogP) is 2.87. The first kappa shape index (κ1) is 17.6. The molecule has 1 aromatic heterocycles. The van der Waals surface area contributed by atoms with Crippen molar-refractivity contribution in [1.82, 2.24) is 9.97 Å². The molecule has 1 aromatic carbocycles. The zero-order chi connectivity index (χ0) is 24.4. The summed E-state index contributed by atoms with van der Waals surface area (Å²) in [6.07, 6.45) is 1.05. The number of anilines is 1. The lowest BCUT2D eigenvalue weighted by atomic mass is 9.80. The molecule has 7 nitrogen and oxygen atoms in total. The molecule has 1 amide bonds. The maximum Gasteiger partial charge on any atom is 0.275 e. The number of nitrogens with one attached hydrogen (secondary N) is 1. The molecule has 3 rings (SSSR count). The Morgan fingerprint density at radius 3 is 2.70 bits per heavy atom. The van der Waals surface area contributed by atoms with E-state index in [4.69, 9.17) is 9.85 Å². The summed E-state index contributed by atoms with van der Waals surface area (Å²) in [5, 5.41) is 2.42. The number of amidine groups is 1. The molecule has 0 saturated carbocycles. The van der Waals surface area contributed by atoms with E-state index in [1.165, 1.54) is 6.07 Å². The number of methoxy groups -OCH3 is 1. The number of nitrogens with zero attached hydrogens (tertiary/aromatic N) is 3. The van der Waals surface area contributed by atoms with Crippen molar-refractivity contribution in [3.8, 4) is 5.88 Å². The maximum absolute atomic E-state index is 14.6. The van der Waals surface area contributed by atoms with Crippen molar-refractivity contribution in [1.29, 1.82) is 0 Å². The zero-order valence-corrected chi connectivity index (χ0v) is 15.5. The van der Waals surface area contributed by atoms with Gasteiger partial charge in [-0.15, -0.1) is 0 Å². The molecule has 2 aromatic rings. The first-order valence-electron chi connectivity index (χ1n) is 10.2. The van der Waals surface area contributed by atoms with Crippen LogP contribution in [0.4, 0.5) is 23.2 Å². The number of benzene rings is 1. The molecule has 0 aliphatic carbocycles. The van der Waals surface area contributed by atoms with Crippen LogP contribution in [-0.2, 0) is 5.54 Å². The Morgan fingerprint density at radius 1 is 1.30 bits per heavy atom. The standard InChI is InChI=1S/C19H19F4N5O2/c1-30-15-8-25-14(7-26-15)16(29)27-11-2-3-13(22)12(6-11)19(10-21)5-4-18(23,9-20)17(24)28-19/h2-3,6-8H,4-5,9-10H2,1H3,(H2,24,28)(H,27,29)/t18-,19+/m0/s1/i1D3. The average Bonchev–Trinajstić information content (AvgIpc) is 2.76. The second-order valence-electron chi connectivity index (χ2n) is 6.75. The van der Waals surface area contributed by atoms with Gasteiger partial charge < -0.3 is 15.8 Å². The van der Waals surface area contributed by atoms with Crippen molar-refractivity contribution < 1.29 is 31.2 Å². The number of carbonyl (C=O) groups is 1. The summed E-state index contributed by atoms with van der Waals surface area (Å²) in [5.74, 6) is -2.76. The summed E-state index contributed by atoms with van der Waals surface area (Å²) in [6, 6.07) is 3.27. The van der Waals surface area contributed by atoms with Crippen LogP contribution in [0.15, 0.2) is 35.6 Å². The van der Waals surface area contributed by atoms with Crippen LogP contribution in [0.1, 0.15) is 33.0 Å². The molecule has 0 fully saturated rings. The quantitative estimate of drug-likeness (QED) is 0.689. The van der Waals surface area contributed by atoms with E-state index < -0.39 is 55.6 Å². The topological polar surface area (TPSA) is 102 Å². The smallest absolute Gasteiger partial charge is 0.275 e. The van der Waals surface area contributed by atoms with Gasteiger partial charge in [0, 0.05) is 11.3 Å². The Balaban J connectivity index is 1.85. The Kier molecular flexibility index (Phi) is 4.84. The van der Waals surface area contributed by atoms with E-state index in [-0.39, 0.29) is 29.2 Å². The van der Waals surface area contributed by atoms with Gasteiger partial charge in [-0.1, -0.05) is 0 Å². The van der Waals surface area contributed by atoms with Gasteiger partial charge in [0.2, 0.25) is 5.88 Å². The monoisotopic (exact) mass is 428 g/mol. The van der Waals surface area contributed by atoms with Crippen LogP contribution in [0.5, 0.6) is 5.88 Å². The Labute approximate surface area is 173 Å². The number of halogens is 4. The Morgan fingerprint density at radius 2 is 2.10 bits per heavy atom. The van der Waals surface area contributed by atoms with Gasteiger partial charge in [0.15, 0.2) is 5.67 Å². The van der Waals surface area contributed by atoms with Crippen LogP contribution < -0.4 is 15.8 Å². The Bertz CT molecular complexity index is 1070. The fourth-order valence-corrected chi connectivity index (χ4v) is 3.06. The maximum atomic E-state index is 14.6. The van der Waals surface area contributed by atoms with Crippen LogP contribution in [-0.4, -0.2) is 47.8 Å². The largest absolute Gasteiger partial charge is 0.480 e. The molecule has 0 unspecified atom stereocenters. The van der Waals surface area contributed by atoms with Gasteiger partial charge >= 0.3 is 0 Å². The molecule has 2 heterocycles.